The van der Waals surface area contributed by atoms with Crippen molar-refractivity contribution in [1.82, 2.24) is 11.4 Å². The minimum atomic E-state index is -0.432. The topological polar surface area (TPSA) is 38.7 Å². The Bertz CT molecular complexity index is 286. The summed E-state index contributed by atoms with van der Waals surface area (Å²) in [4.78, 5) is 3.92. The first-order valence-corrected chi connectivity index (χ1v) is 4.57. The zero-order valence-electron chi connectivity index (χ0n) is 4.48. The van der Waals surface area contributed by atoms with Crippen molar-refractivity contribution in [3.05, 3.63) is 18.5 Å². The van der Waals surface area contributed by atoms with Gasteiger partial charge in [0.2, 0.25) is 0 Å². The number of hydrogen-bond donors (Lipinski definition) is 0. The number of pyridine rings is 1. The molecule has 0 radical (unpaired) electrons. The first-order valence-electron chi connectivity index (χ1n) is 2.49. The van der Waals surface area contributed by atoms with Gasteiger partial charge in [-0.05, 0) is 0 Å². The van der Waals surface area contributed by atoms with Crippen molar-refractivity contribution in [2.75, 3.05) is 0 Å². The molecule has 0 atom stereocenters. The van der Waals surface area contributed by atoms with Gasteiger partial charge in [0, 0.05) is 0 Å². The van der Waals surface area contributed by atoms with Gasteiger partial charge in [0.15, 0.2) is 0 Å². The van der Waals surface area contributed by atoms with Gasteiger partial charge in [-0.3, -0.25) is 0 Å². The van der Waals surface area contributed by atoms with Gasteiger partial charge >= 0.3 is 61.9 Å². The molecule has 44 valence electrons. The molecule has 0 spiro atoms. The van der Waals surface area contributed by atoms with E-state index in [9.17, 15) is 0 Å². The number of rotatable bonds is 0. The van der Waals surface area contributed by atoms with Gasteiger partial charge in [-0.15, -0.1) is 0 Å². The maximum absolute atomic E-state index is 4.22. The van der Waals surface area contributed by atoms with Gasteiger partial charge in [0.05, 0.1) is 0 Å². The monoisotopic (exact) mass is 235 g/mol. The molecule has 0 aliphatic carbocycles. The predicted molar refractivity (Wildman–Crippen MR) is 34.3 cm³/mol. The van der Waals surface area contributed by atoms with Crippen LogP contribution in [-0.2, 0) is 0 Å². The second-order valence-corrected chi connectivity index (χ2v) is 3.14. The fraction of sp³-hybridized carbons (Fsp3) is 0. The van der Waals surface area contributed by atoms with Crippen LogP contribution in [0, 0.1) is 0 Å². The second kappa shape index (κ2) is 2.05. The predicted octanol–water partition coefficient (Wildman–Crippen LogP) is 0.0818. The van der Waals surface area contributed by atoms with Crippen LogP contribution >= 0.6 is 0 Å². The van der Waals surface area contributed by atoms with Crippen LogP contribution in [0.4, 0.5) is 0 Å². The Morgan fingerprint density at radius 3 is 3.00 bits per heavy atom. The molecule has 0 fully saturated rings. The molecule has 9 heavy (non-hydrogen) atoms. The van der Waals surface area contributed by atoms with Gasteiger partial charge in [0.25, 0.3) is 0 Å². The van der Waals surface area contributed by atoms with Crippen molar-refractivity contribution >= 4 is 32.0 Å². The molecule has 0 aromatic carbocycles. The van der Waals surface area contributed by atoms with Crippen LogP contribution in [0.25, 0.3) is 11.0 Å². The molecule has 0 saturated heterocycles. The van der Waals surface area contributed by atoms with E-state index in [1.807, 2.05) is 6.07 Å². The fourth-order valence-electron chi connectivity index (χ4n) is 0.635. The molecule has 0 saturated carbocycles. The summed E-state index contributed by atoms with van der Waals surface area (Å²) in [5.74, 6) is 0. The molecule has 3 nitrogen and oxygen atoms in total. The SMILES string of the molecule is c1cc2n[te]nc2cn1. The summed E-state index contributed by atoms with van der Waals surface area (Å²) in [7, 11) is 0. The molecule has 2 aromatic rings. The van der Waals surface area contributed by atoms with E-state index in [-0.39, 0.29) is 0 Å². The summed E-state index contributed by atoms with van der Waals surface area (Å²) in [5, 5.41) is 0. The van der Waals surface area contributed by atoms with Crippen LogP contribution in [-0.4, -0.2) is 32.4 Å². The number of aromatic nitrogens is 3. The Labute approximate surface area is 62.1 Å². The van der Waals surface area contributed by atoms with Crippen molar-refractivity contribution in [3.8, 4) is 0 Å². The van der Waals surface area contributed by atoms with E-state index in [0.717, 1.165) is 11.0 Å². The summed E-state index contributed by atoms with van der Waals surface area (Å²) in [6.45, 7) is 0. The molecular weight excluding hydrogens is 230 g/mol. The molecule has 0 bridgehead atoms. The summed E-state index contributed by atoms with van der Waals surface area (Å²) < 4.78 is 8.42. The average Bonchev–Trinajstić information content (AvgIpc) is 2.33. The van der Waals surface area contributed by atoms with Crippen LogP contribution < -0.4 is 0 Å². The van der Waals surface area contributed by atoms with Crippen molar-refractivity contribution in [1.29, 1.82) is 0 Å². The van der Waals surface area contributed by atoms with E-state index >= 15 is 0 Å². The van der Waals surface area contributed by atoms with E-state index in [1.54, 1.807) is 12.4 Å². The molecule has 0 N–H and O–H groups in total. The second-order valence-electron chi connectivity index (χ2n) is 1.63. The fourth-order valence-corrected chi connectivity index (χ4v) is 2.10. The van der Waals surface area contributed by atoms with Gasteiger partial charge in [-0.25, -0.2) is 0 Å². The third-order valence-corrected chi connectivity index (χ3v) is 2.64. The standard InChI is InChI=1S/C5H3N3Te/c1-2-6-3-5-4(1)7-9-8-5/h1-3H. The Morgan fingerprint density at radius 1 is 1.22 bits per heavy atom. The van der Waals surface area contributed by atoms with Gasteiger partial charge in [-0.1, -0.05) is 0 Å². The van der Waals surface area contributed by atoms with E-state index < -0.39 is 21.0 Å². The number of fused-ring (bicyclic) bond motifs is 1. The maximum atomic E-state index is 4.22. The summed E-state index contributed by atoms with van der Waals surface area (Å²) in [5.41, 5.74) is 1.99. The Kier molecular flexibility index (Phi) is 1.22. The molecule has 0 unspecified atom stereocenters. The Hall–Kier alpha value is -0.460. The Morgan fingerprint density at radius 2 is 2.11 bits per heavy atom. The normalized spacial score (nSPS) is 10.2. The van der Waals surface area contributed by atoms with Crippen LogP contribution in [0.2, 0.25) is 0 Å². The third-order valence-electron chi connectivity index (χ3n) is 1.06. The van der Waals surface area contributed by atoms with Gasteiger partial charge < -0.3 is 0 Å². The number of hydrogen-bond acceptors (Lipinski definition) is 3. The molecule has 0 aliphatic rings. The molecule has 2 aromatic heterocycles. The van der Waals surface area contributed by atoms with Gasteiger partial charge in [0.1, 0.15) is 0 Å². The van der Waals surface area contributed by atoms with Crippen molar-refractivity contribution in [3.63, 3.8) is 0 Å². The summed E-state index contributed by atoms with van der Waals surface area (Å²) >= 11 is -0.432. The first-order chi connectivity index (χ1) is 4.47. The van der Waals surface area contributed by atoms with Gasteiger partial charge in [-0.2, -0.15) is 0 Å². The molecular formula is C5H3N3Te. The third kappa shape index (κ3) is 0.846. The first kappa shape index (κ1) is 5.33. The van der Waals surface area contributed by atoms with Crippen LogP contribution in [0.1, 0.15) is 0 Å². The van der Waals surface area contributed by atoms with Crippen LogP contribution in [0.15, 0.2) is 18.5 Å². The van der Waals surface area contributed by atoms with E-state index in [2.05, 4.69) is 11.4 Å². The summed E-state index contributed by atoms with van der Waals surface area (Å²) in [6.07, 6.45) is 3.51. The van der Waals surface area contributed by atoms with Crippen molar-refractivity contribution in [2.24, 2.45) is 0 Å². The van der Waals surface area contributed by atoms with Crippen molar-refractivity contribution < 1.29 is 0 Å². The zero-order valence-corrected chi connectivity index (χ0v) is 6.81. The van der Waals surface area contributed by atoms with E-state index in [0.29, 0.717) is 0 Å². The molecule has 0 amide bonds. The minimum absolute atomic E-state index is 0.432. The van der Waals surface area contributed by atoms with E-state index in [4.69, 9.17) is 0 Å². The molecule has 4 heteroatoms. The van der Waals surface area contributed by atoms with Crippen LogP contribution in [0.3, 0.4) is 0 Å². The van der Waals surface area contributed by atoms with Crippen molar-refractivity contribution in [2.45, 2.75) is 0 Å². The molecule has 2 rings (SSSR count). The Balaban J connectivity index is 2.95. The number of nitrogens with zero attached hydrogens (tertiary/aromatic N) is 3. The summed E-state index contributed by atoms with van der Waals surface area (Å²) in [6, 6.07) is 1.90. The van der Waals surface area contributed by atoms with Crippen LogP contribution in [0.5, 0.6) is 0 Å². The quantitative estimate of drug-likeness (QED) is 0.604. The average molecular weight is 233 g/mol. The molecule has 0 aliphatic heterocycles. The zero-order chi connectivity index (χ0) is 6.10. The van der Waals surface area contributed by atoms with E-state index in [1.165, 1.54) is 0 Å². The molecule has 2 heterocycles.